The van der Waals surface area contributed by atoms with Crippen LogP contribution in [0.1, 0.15) is 28.7 Å². The van der Waals surface area contributed by atoms with Crippen LogP contribution in [0.25, 0.3) is 11.1 Å². The molecule has 25 heavy (non-hydrogen) atoms. The average Bonchev–Trinajstić information content (AvgIpc) is 3.29. The summed E-state index contributed by atoms with van der Waals surface area (Å²) < 4.78 is 6.88. The minimum absolute atomic E-state index is 0.132. The van der Waals surface area contributed by atoms with Crippen LogP contribution >= 0.6 is 0 Å². The maximum absolute atomic E-state index is 12.4. The van der Waals surface area contributed by atoms with E-state index >= 15 is 0 Å². The van der Waals surface area contributed by atoms with Gasteiger partial charge in [0.05, 0.1) is 30.7 Å². The second-order valence-corrected chi connectivity index (χ2v) is 5.67. The number of nitrogens with zero attached hydrogens (tertiary/aromatic N) is 3. The molecule has 3 rings (SSSR count). The molecule has 0 spiro atoms. The fraction of sp³-hybridized carbons (Fsp3) is 0.278. The van der Waals surface area contributed by atoms with Gasteiger partial charge in [0, 0.05) is 31.0 Å². The van der Waals surface area contributed by atoms with Gasteiger partial charge in [-0.3, -0.25) is 14.6 Å². The number of amides is 1. The van der Waals surface area contributed by atoms with E-state index < -0.39 is 0 Å². The molecule has 0 saturated heterocycles. The van der Waals surface area contributed by atoms with Gasteiger partial charge in [-0.05, 0) is 30.7 Å². The van der Waals surface area contributed by atoms with Gasteiger partial charge in [0.2, 0.25) is 0 Å². The van der Waals surface area contributed by atoms with Gasteiger partial charge in [-0.2, -0.15) is 10.2 Å². The Labute approximate surface area is 146 Å². The Morgan fingerprint density at radius 1 is 1.32 bits per heavy atom. The summed E-state index contributed by atoms with van der Waals surface area (Å²) in [5.74, 6) is -0.132. The van der Waals surface area contributed by atoms with Gasteiger partial charge in [0.25, 0.3) is 5.91 Å². The number of ether oxygens (including phenoxy) is 1. The van der Waals surface area contributed by atoms with Gasteiger partial charge in [-0.15, -0.1) is 0 Å². The van der Waals surface area contributed by atoms with Gasteiger partial charge in [0.1, 0.15) is 0 Å². The predicted molar refractivity (Wildman–Crippen MR) is 93.8 cm³/mol. The number of nitrogens with one attached hydrogen (secondary N) is 2. The van der Waals surface area contributed by atoms with E-state index in [0.29, 0.717) is 18.7 Å². The zero-order valence-corrected chi connectivity index (χ0v) is 14.3. The van der Waals surface area contributed by atoms with Crippen molar-refractivity contribution < 1.29 is 9.53 Å². The smallest absolute Gasteiger partial charge is 0.251 e. The van der Waals surface area contributed by atoms with Crippen molar-refractivity contribution in [3.63, 3.8) is 0 Å². The molecule has 0 atom stereocenters. The lowest BCUT2D eigenvalue weighted by Crippen LogP contribution is -2.22. The molecule has 3 aromatic rings. The van der Waals surface area contributed by atoms with Crippen LogP contribution in [0.2, 0.25) is 0 Å². The van der Waals surface area contributed by atoms with Gasteiger partial charge >= 0.3 is 0 Å². The topological polar surface area (TPSA) is 84.8 Å². The maximum Gasteiger partial charge on any atom is 0.251 e. The molecule has 0 aliphatic rings. The minimum Gasteiger partial charge on any atom is -0.378 e. The molecule has 2 aromatic heterocycles. The van der Waals surface area contributed by atoms with E-state index in [0.717, 1.165) is 29.1 Å². The summed E-state index contributed by atoms with van der Waals surface area (Å²) in [4.78, 5) is 12.4. The molecule has 0 radical (unpaired) electrons. The van der Waals surface area contributed by atoms with Crippen molar-refractivity contribution in [1.29, 1.82) is 0 Å². The fourth-order valence-corrected chi connectivity index (χ4v) is 2.52. The molecule has 7 heteroatoms. The Hall–Kier alpha value is -2.93. The van der Waals surface area contributed by atoms with Gasteiger partial charge in [0.15, 0.2) is 0 Å². The Bertz CT molecular complexity index is 853. The summed E-state index contributed by atoms with van der Waals surface area (Å²) in [6.07, 6.45) is 3.78. The molecular weight excluding hydrogens is 318 g/mol. The molecule has 130 valence electrons. The van der Waals surface area contributed by atoms with E-state index in [9.17, 15) is 4.79 Å². The van der Waals surface area contributed by atoms with Crippen molar-refractivity contribution in [3.05, 3.63) is 59.7 Å². The summed E-state index contributed by atoms with van der Waals surface area (Å²) >= 11 is 0. The number of aryl methyl sites for hydroxylation is 1. The number of H-pyrrole nitrogens is 1. The standard InChI is InChI=1S/C18H21N5O2/c1-3-23-11-15(9-20-23)13-5-4-6-14(7-13)18(24)19-10-16-8-17(12-25-2)22-21-16/h4-9,11H,3,10,12H2,1-2H3,(H,19,24)(H,21,22). The van der Waals surface area contributed by atoms with Crippen LogP contribution in [0.5, 0.6) is 0 Å². The highest BCUT2D eigenvalue weighted by atomic mass is 16.5. The van der Waals surface area contributed by atoms with Crippen LogP contribution in [-0.4, -0.2) is 33.0 Å². The summed E-state index contributed by atoms with van der Waals surface area (Å²) in [5, 5.41) is 14.2. The zero-order chi connectivity index (χ0) is 17.6. The number of aromatic amines is 1. The molecule has 1 amide bonds. The number of methoxy groups -OCH3 is 1. The second-order valence-electron chi connectivity index (χ2n) is 5.67. The van der Waals surface area contributed by atoms with Crippen molar-refractivity contribution in [3.8, 4) is 11.1 Å². The average molecular weight is 339 g/mol. The van der Waals surface area contributed by atoms with Crippen LogP contribution in [0.3, 0.4) is 0 Å². The minimum atomic E-state index is -0.132. The second kappa shape index (κ2) is 7.76. The molecule has 0 saturated carbocycles. The number of carbonyl (C=O) groups is 1. The molecule has 7 nitrogen and oxygen atoms in total. The van der Waals surface area contributed by atoms with E-state index in [4.69, 9.17) is 4.74 Å². The van der Waals surface area contributed by atoms with Gasteiger partial charge < -0.3 is 10.1 Å². The first-order chi connectivity index (χ1) is 12.2. The maximum atomic E-state index is 12.4. The van der Waals surface area contributed by atoms with Gasteiger partial charge in [-0.25, -0.2) is 0 Å². The van der Waals surface area contributed by atoms with Gasteiger partial charge in [-0.1, -0.05) is 12.1 Å². The summed E-state index contributed by atoms with van der Waals surface area (Å²) in [6, 6.07) is 9.39. The Balaban J connectivity index is 1.66. The lowest BCUT2D eigenvalue weighted by atomic mass is 10.1. The van der Waals surface area contributed by atoms with E-state index in [2.05, 4.69) is 20.6 Å². The molecule has 0 aliphatic heterocycles. The lowest BCUT2D eigenvalue weighted by molar-refractivity contribution is 0.0950. The highest BCUT2D eigenvalue weighted by Crippen LogP contribution is 2.20. The molecule has 0 aliphatic carbocycles. The van der Waals surface area contributed by atoms with E-state index in [1.54, 1.807) is 13.2 Å². The molecule has 0 fully saturated rings. The molecule has 1 aromatic carbocycles. The van der Waals surface area contributed by atoms with Crippen LogP contribution in [0.4, 0.5) is 0 Å². The number of rotatable bonds is 7. The van der Waals surface area contributed by atoms with Crippen LogP contribution in [0, 0.1) is 0 Å². The fourth-order valence-electron chi connectivity index (χ4n) is 2.52. The first-order valence-corrected chi connectivity index (χ1v) is 8.12. The summed E-state index contributed by atoms with van der Waals surface area (Å²) in [6.45, 7) is 3.68. The van der Waals surface area contributed by atoms with Crippen molar-refractivity contribution in [2.45, 2.75) is 26.6 Å². The third-order valence-electron chi connectivity index (χ3n) is 3.83. The number of hydrogen-bond donors (Lipinski definition) is 2. The first-order valence-electron chi connectivity index (χ1n) is 8.12. The van der Waals surface area contributed by atoms with Crippen molar-refractivity contribution >= 4 is 5.91 Å². The van der Waals surface area contributed by atoms with Crippen molar-refractivity contribution in [1.82, 2.24) is 25.3 Å². The van der Waals surface area contributed by atoms with E-state index in [1.807, 2.05) is 48.3 Å². The van der Waals surface area contributed by atoms with E-state index in [-0.39, 0.29) is 5.91 Å². The molecule has 0 bridgehead atoms. The first kappa shape index (κ1) is 16.9. The number of hydrogen-bond acceptors (Lipinski definition) is 4. The number of benzene rings is 1. The lowest BCUT2D eigenvalue weighted by Gasteiger charge is -2.05. The molecule has 2 heterocycles. The third-order valence-corrected chi connectivity index (χ3v) is 3.83. The summed E-state index contributed by atoms with van der Waals surface area (Å²) in [7, 11) is 1.62. The van der Waals surface area contributed by atoms with Crippen molar-refractivity contribution in [2.24, 2.45) is 0 Å². The normalized spacial score (nSPS) is 10.8. The summed E-state index contributed by atoms with van der Waals surface area (Å²) in [5.41, 5.74) is 4.21. The highest BCUT2D eigenvalue weighted by molar-refractivity contribution is 5.95. The van der Waals surface area contributed by atoms with Crippen molar-refractivity contribution in [2.75, 3.05) is 7.11 Å². The number of carbonyl (C=O) groups excluding carboxylic acids is 1. The Morgan fingerprint density at radius 2 is 2.20 bits per heavy atom. The Morgan fingerprint density at radius 3 is 2.96 bits per heavy atom. The van der Waals surface area contributed by atoms with Crippen LogP contribution in [-0.2, 0) is 24.4 Å². The largest absolute Gasteiger partial charge is 0.378 e. The molecule has 0 unspecified atom stereocenters. The molecular formula is C18H21N5O2. The van der Waals surface area contributed by atoms with E-state index in [1.165, 1.54) is 0 Å². The highest BCUT2D eigenvalue weighted by Gasteiger charge is 2.09. The third kappa shape index (κ3) is 4.13. The van der Waals surface area contributed by atoms with Crippen LogP contribution < -0.4 is 5.32 Å². The SMILES string of the molecule is CCn1cc(-c2cccc(C(=O)NCc3cc(COC)n[nH]3)c2)cn1. The predicted octanol–water partition coefficient (Wildman–Crippen LogP) is 2.37. The van der Waals surface area contributed by atoms with Crippen LogP contribution in [0.15, 0.2) is 42.7 Å². The monoisotopic (exact) mass is 339 g/mol. The Kier molecular flexibility index (Phi) is 5.25. The molecule has 2 N–H and O–H groups in total. The quantitative estimate of drug-likeness (QED) is 0.692. The number of aromatic nitrogens is 4. The zero-order valence-electron chi connectivity index (χ0n) is 14.3.